The van der Waals surface area contributed by atoms with Crippen molar-refractivity contribution in [3.05, 3.63) is 117 Å². The Hall–Kier alpha value is -5.41. The fraction of sp³-hybridized carbons (Fsp3) is 0.349. The molecule has 4 aromatic carbocycles. The number of aromatic nitrogens is 2. The van der Waals surface area contributed by atoms with E-state index in [9.17, 15) is 14.3 Å². The number of piperidine rings is 1. The molecule has 0 spiro atoms. The number of ether oxygens (including phenoxy) is 3. The fourth-order valence-electron chi connectivity index (χ4n) is 7.95. The molecule has 7 rings (SSSR count). The largest absolute Gasteiger partial charge is 0.493 e. The van der Waals surface area contributed by atoms with E-state index in [0.29, 0.717) is 84.2 Å². The lowest BCUT2D eigenvalue weighted by atomic mass is 9.76. The van der Waals surface area contributed by atoms with Crippen molar-refractivity contribution in [3.63, 3.8) is 0 Å². The van der Waals surface area contributed by atoms with Gasteiger partial charge in [-0.05, 0) is 91.9 Å². The molecule has 2 fully saturated rings. The molecule has 2 aliphatic heterocycles. The van der Waals surface area contributed by atoms with Crippen molar-refractivity contribution in [2.75, 3.05) is 54.1 Å². The number of benzene rings is 4. The number of carboxylic acids is 2. The zero-order chi connectivity index (χ0) is 42.5. The van der Waals surface area contributed by atoms with Gasteiger partial charge in [-0.3, -0.25) is 4.79 Å². The van der Waals surface area contributed by atoms with Gasteiger partial charge in [-0.15, -0.1) is 0 Å². The number of methoxy groups -OCH3 is 3. The Bertz CT molecular complexity index is 2300. The van der Waals surface area contributed by atoms with E-state index in [2.05, 4.69) is 9.47 Å². The number of para-hydroxylation sites is 2. The maximum Gasteiger partial charge on any atom is 0.414 e. The Balaban J connectivity index is 0.000000908. The monoisotopic (exact) mass is 850 g/mol. The second-order valence-electron chi connectivity index (χ2n) is 14.7. The molecule has 3 heterocycles. The Morgan fingerprint density at radius 3 is 2.05 bits per heavy atom. The maximum absolute atomic E-state index is 14.0. The number of hydrogen-bond donors (Lipinski definition) is 3. The molecule has 13 nitrogen and oxygen atoms in total. The van der Waals surface area contributed by atoms with Gasteiger partial charge in [-0.1, -0.05) is 53.5 Å². The van der Waals surface area contributed by atoms with Gasteiger partial charge in [-0.25, -0.2) is 19.0 Å². The van der Waals surface area contributed by atoms with E-state index in [-0.39, 0.29) is 17.1 Å². The molecular weight excluding hydrogens is 806 g/mol. The van der Waals surface area contributed by atoms with Crippen molar-refractivity contribution >= 4 is 52.1 Å². The topological polar surface area (TPSA) is 164 Å². The Morgan fingerprint density at radius 2 is 1.46 bits per heavy atom. The number of hydrogen-bond acceptors (Lipinski definition) is 9. The van der Waals surface area contributed by atoms with E-state index in [1.165, 1.54) is 33.5 Å². The van der Waals surface area contributed by atoms with E-state index < -0.39 is 17.5 Å². The van der Waals surface area contributed by atoms with Crippen LogP contribution in [0.25, 0.3) is 11.0 Å². The van der Waals surface area contributed by atoms with Gasteiger partial charge in [0.15, 0.2) is 11.5 Å². The van der Waals surface area contributed by atoms with Gasteiger partial charge in [0.1, 0.15) is 17.2 Å². The lowest BCUT2D eigenvalue weighted by Gasteiger charge is -2.40. The van der Waals surface area contributed by atoms with Crippen LogP contribution in [0.3, 0.4) is 0 Å². The molecule has 5 aromatic rings. The van der Waals surface area contributed by atoms with Crippen LogP contribution < -0.4 is 14.2 Å². The number of fused-ring (bicyclic) bond motifs is 1. The molecule has 3 N–H and O–H groups in total. The standard InChI is InChI=1S/C41H43Cl2FN4O5.C2H2O4/c1-51-35-22-28(23-36(52-2)37(35)53-3)38(49)47-21-15-40(26-47,29-10-13-31(42)32(43)24-29)14-18-46-19-16-41(50,17-20-46)39-45-33-6-4-5-7-34(33)48(39)25-27-8-11-30(44)12-9-27;3-1(4)2(5)6/h4-13,22-24,50H,14-21,25-26H2,1-3H3;(H,3,4)(H,5,6). The van der Waals surface area contributed by atoms with Crippen LogP contribution in [0.2, 0.25) is 10.0 Å². The summed E-state index contributed by atoms with van der Waals surface area (Å²) in [6.45, 7) is 3.61. The normalized spacial score (nSPS) is 17.6. The van der Waals surface area contributed by atoms with Crippen molar-refractivity contribution in [2.45, 2.75) is 43.2 Å². The first-order valence-electron chi connectivity index (χ1n) is 18.9. The van der Waals surface area contributed by atoms with Gasteiger partial charge in [-0.2, -0.15) is 0 Å². The van der Waals surface area contributed by atoms with Gasteiger partial charge < -0.3 is 43.9 Å². The molecule has 0 saturated carbocycles. The van der Waals surface area contributed by atoms with E-state index in [1.807, 2.05) is 47.4 Å². The van der Waals surface area contributed by atoms with Crippen LogP contribution >= 0.6 is 23.2 Å². The van der Waals surface area contributed by atoms with E-state index in [1.54, 1.807) is 24.3 Å². The second-order valence-corrected chi connectivity index (χ2v) is 15.5. The number of likely N-dealkylation sites (tertiary alicyclic amines) is 2. The summed E-state index contributed by atoms with van der Waals surface area (Å²) in [6, 6.07) is 23.5. The molecule has 0 radical (unpaired) electrons. The number of aliphatic hydroxyl groups is 1. The number of nitrogens with zero attached hydrogens (tertiary/aromatic N) is 4. The molecule has 16 heteroatoms. The van der Waals surface area contributed by atoms with Crippen molar-refractivity contribution in [1.29, 1.82) is 0 Å². The number of carbonyl (C=O) groups excluding carboxylic acids is 1. The maximum atomic E-state index is 14.0. The summed E-state index contributed by atoms with van der Waals surface area (Å²) in [5.74, 6) is -2.17. The number of carboxylic acid groups (broad SMARTS) is 2. The van der Waals surface area contributed by atoms with Gasteiger partial charge in [0.25, 0.3) is 5.91 Å². The van der Waals surface area contributed by atoms with Crippen LogP contribution in [0.5, 0.6) is 17.2 Å². The number of rotatable bonds is 11. The van der Waals surface area contributed by atoms with E-state index in [0.717, 1.165) is 41.5 Å². The first-order chi connectivity index (χ1) is 28.2. The quantitative estimate of drug-likeness (QED) is 0.119. The third-order valence-electron chi connectivity index (χ3n) is 11.2. The first kappa shape index (κ1) is 43.2. The van der Waals surface area contributed by atoms with Crippen LogP contribution in [-0.4, -0.2) is 107 Å². The summed E-state index contributed by atoms with van der Waals surface area (Å²) in [7, 11) is 4.59. The summed E-state index contributed by atoms with van der Waals surface area (Å²) in [5.41, 5.74) is 2.66. The van der Waals surface area contributed by atoms with E-state index >= 15 is 0 Å². The Kier molecular flexibility index (Phi) is 13.4. The molecule has 312 valence electrons. The van der Waals surface area contributed by atoms with Crippen LogP contribution in [-0.2, 0) is 27.1 Å². The number of amides is 1. The molecule has 1 aromatic heterocycles. The molecular formula is C43H45Cl2FN4O9. The predicted octanol–water partition coefficient (Wildman–Crippen LogP) is 6.87. The molecule has 1 amide bonds. The van der Waals surface area contributed by atoms with Gasteiger partial charge in [0.2, 0.25) is 5.75 Å². The highest BCUT2D eigenvalue weighted by atomic mass is 35.5. The number of carbonyl (C=O) groups is 3. The lowest BCUT2D eigenvalue weighted by molar-refractivity contribution is -0.159. The number of imidazole rings is 1. The smallest absolute Gasteiger partial charge is 0.414 e. The van der Waals surface area contributed by atoms with Gasteiger partial charge >= 0.3 is 11.9 Å². The minimum absolute atomic E-state index is 0.127. The summed E-state index contributed by atoms with van der Waals surface area (Å²) >= 11 is 12.9. The molecule has 2 aliphatic rings. The zero-order valence-electron chi connectivity index (χ0n) is 32.8. The highest BCUT2D eigenvalue weighted by Crippen LogP contribution is 2.43. The highest BCUT2D eigenvalue weighted by Gasteiger charge is 2.44. The molecule has 0 aliphatic carbocycles. The molecule has 2 saturated heterocycles. The van der Waals surface area contributed by atoms with Crippen LogP contribution in [0.4, 0.5) is 4.39 Å². The highest BCUT2D eigenvalue weighted by molar-refractivity contribution is 6.42. The summed E-state index contributed by atoms with van der Waals surface area (Å²) in [5, 5.41) is 27.9. The van der Waals surface area contributed by atoms with Gasteiger partial charge in [0, 0.05) is 43.7 Å². The molecule has 59 heavy (non-hydrogen) atoms. The van der Waals surface area contributed by atoms with Crippen molar-refractivity contribution in [1.82, 2.24) is 19.4 Å². The van der Waals surface area contributed by atoms with Crippen LogP contribution in [0.1, 0.15) is 53.0 Å². The third kappa shape index (κ3) is 9.41. The fourth-order valence-corrected chi connectivity index (χ4v) is 8.25. The average molecular weight is 852 g/mol. The minimum atomic E-state index is -1.82. The summed E-state index contributed by atoms with van der Waals surface area (Å²) < 4.78 is 32.3. The molecule has 1 unspecified atom stereocenters. The number of aliphatic carboxylic acids is 2. The molecule has 1 atom stereocenters. The summed E-state index contributed by atoms with van der Waals surface area (Å²) in [6.07, 6.45) is 2.52. The van der Waals surface area contributed by atoms with Crippen molar-refractivity contribution in [2.24, 2.45) is 0 Å². The summed E-state index contributed by atoms with van der Waals surface area (Å²) in [4.78, 5) is 41.4. The third-order valence-corrected chi connectivity index (χ3v) is 11.9. The minimum Gasteiger partial charge on any atom is -0.493 e. The van der Waals surface area contributed by atoms with Crippen LogP contribution in [0, 0.1) is 5.82 Å². The Morgan fingerprint density at radius 1 is 0.814 bits per heavy atom. The lowest BCUT2D eigenvalue weighted by Crippen LogP contribution is -2.45. The molecule has 0 bridgehead atoms. The van der Waals surface area contributed by atoms with Crippen molar-refractivity contribution in [3.8, 4) is 17.2 Å². The number of halogens is 3. The SMILES string of the molecule is COc1cc(C(=O)N2CCC(CCN3CCC(O)(c4nc5ccccc5n4Cc4ccc(F)cc4)CC3)(c3ccc(Cl)c(Cl)c3)C2)cc(OC)c1OC.O=C(O)C(=O)O. The average Bonchev–Trinajstić information content (AvgIpc) is 3.85. The van der Waals surface area contributed by atoms with Crippen LogP contribution in [0.15, 0.2) is 78.9 Å². The van der Waals surface area contributed by atoms with E-state index in [4.69, 9.17) is 62.2 Å². The zero-order valence-corrected chi connectivity index (χ0v) is 34.3. The predicted molar refractivity (Wildman–Crippen MR) is 219 cm³/mol. The van der Waals surface area contributed by atoms with Crippen molar-refractivity contribution < 1.29 is 48.3 Å². The first-order valence-corrected chi connectivity index (χ1v) is 19.6. The second kappa shape index (κ2) is 18.2. The Labute approximate surface area is 350 Å². The van der Waals surface area contributed by atoms with Gasteiger partial charge in [0.05, 0.1) is 42.4 Å².